The number of hydrogen-bond acceptors (Lipinski definition) is 5. The molecule has 3 amide bonds. The summed E-state index contributed by atoms with van der Waals surface area (Å²) in [5.41, 5.74) is 13.5. The van der Waals surface area contributed by atoms with Gasteiger partial charge in [-0.05, 0) is 31.2 Å². The fraction of sp³-hybridized carbons (Fsp3) is 0.800. The van der Waals surface area contributed by atoms with Crippen molar-refractivity contribution in [3.8, 4) is 0 Å². The molecule has 0 bridgehead atoms. The molecule has 0 aliphatic heterocycles. The Kier molecular flexibility index (Phi) is 11.8. The van der Waals surface area contributed by atoms with Crippen molar-refractivity contribution in [2.75, 3.05) is 19.6 Å². The van der Waals surface area contributed by atoms with E-state index >= 15 is 0 Å². The molecule has 10 heteroatoms. The molecule has 142 valence electrons. The molecule has 0 saturated carbocycles. The van der Waals surface area contributed by atoms with Crippen molar-refractivity contribution in [1.29, 1.82) is 0 Å². The van der Waals surface area contributed by atoms with E-state index in [-0.39, 0.29) is 24.2 Å². The molecule has 25 heavy (non-hydrogen) atoms. The Labute approximate surface area is 147 Å². The van der Waals surface area contributed by atoms with E-state index in [1.54, 1.807) is 6.92 Å². The Balaban J connectivity index is 4.46. The molecule has 0 aromatic heterocycles. The number of amides is 3. The molecule has 0 saturated heterocycles. The van der Waals surface area contributed by atoms with Crippen molar-refractivity contribution in [3.05, 3.63) is 10.4 Å². The number of unbranched alkanes of at least 4 members (excludes halogenated alkanes) is 1. The lowest BCUT2D eigenvalue weighted by atomic mass is 10.0. The lowest BCUT2D eigenvalue weighted by Gasteiger charge is -2.23. The van der Waals surface area contributed by atoms with E-state index in [4.69, 9.17) is 11.3 Å². The van der Waals surface area contributed by atoms with Crippen molar-refractivity contribution in [1.82, 2.24) is 16.0 Å². The minimum atomic E-state index is -0.727. The van der Waals surface area contributed by atoms with E-state index in [0.717, 1.165) is 0 Å². The third kappa shape index (κ3) is 10.2. The number of rotatable bonds is 12. The lowest BCUT2D eigenvalue weighted by Crippen LogP contribution is -2.54. The van der Waals surface area contributed by atoms with Gasteiger partial charge in [0, 0.05) is 31.0 Å². The number of hydrogen-bond donors (Lipinski definition) is 4. The van der Waals surface area contributed by atoms with E-state index in [1.165, 1.54) is 0 Å². The van der Waals surface area contributed by atoms with Crippen molar-refractivity contribution in [3.63, 3.8) is 0 Å². The van der Waals surface area contributed by atoms with Crippen molar-refractivity contribution >= 4 is 17.7 Å². The standard InChI is InChI=1S/C15H29N7O3/c1-10(2)13(21-12(23)6-4-5-8-19-22-17)15(25)20-11(3)14(24)18-9-7-16/h10-11,13H,4-9,16H2,1-3H3,(H,18,24)(H,20,25)(H,21,23)/t11-,13-/m0/s1. The van der Waals surface area contributed by atoms with Crippen LogP contribution in [0.5, 0.6) is 0 Å². The molecule has 0 aromatic rings. The number of nitrogens with zero attached hydrogens (tertiary/aromatic N) is 3. The second-order valence-corrected chi connectivity index (χ2v) is 6.01. The number of nitrogens with two attached hydrogens (primary N) is 1. The smallest absolute Gasteiger partial charge is 0.243 e. The Hall–Kier alpha value is -2.32. The van der Waals surface area contributed by atoms with Gasteiger partial charge in [0.2, 0.25) is 17.7 Å². The van der Waals surface area contributed by atoms with Crippen LogP contribution in [0.1, 0.15) is 40.0 Å². The third-order valence-corrected chi connectivity index (χ3v) is 3.44. The molecule has 0 rings (SSSR count). The van der Waals surface area contributed by atoms with Crippen LogP contribution in [-0.4, -0.2) is 49.4 Å². The summed E-state index contributed by atoms with van der Waals surface area (Å²) in [5, 5.41) is 11.3. The minimum absolute atomic E-state index is 0.133. The van der Waals surface area contributed by atoms with Crippen LogP contribution in [0, 0.1) is 5.92 Å². The second-order valence-electron chi connectivity index (χ2n) is 6.01. The Bertz CT molecular complexity index is 490. The summed E-state index contributed by atoms with van der Waals surface area (Å²) >= 11 is 0. The average molecular weight is 355 g/mol. The second kappa shape index (κ2) is 13.0. The van der Waals surface area contributed by atoms with Crippen LogP contribution in [0.3, 0.4) is 0 Å². The van der Waals surface area contributed by atoms with Crippen LogP contribution in [0.25, 0.3) is 10.4 Å². The van der Waals surface area contributed by atoms with Crippen molar-refractivity contribution in [2.24, 2.45) is 16.8 Å². The van der Waals surface area contributed by atoms with Gasteiger partial charge in [-0.15, -0.1) is 0 Å². The maximum atomic E-state index is 12.3. The molecule has 0 unspecified atom stereocenters. The first kappa shape index (κ1) is 22.7. The molecule has 0 aliphatic carbocycles. The Morgan fingerprint density at radius 2 is 1.80 bits per heavy atom. The van der Waals surface area contributed by atoms with Gasteiger partial charge < -0.3 is 21.7 Å². The molecule has 5 N–H and O–H groups in total. The predicted octanol–water partition coefficient (Wildman–Crippen LogP) is 0.187. The van der Waals surface area contributed by atoms with E-state index in [1.807, 2.05) is 13.8 Å². The molecule has 0 spiro atoms. The van der Waals surface area contributed by atoms with Gasteiger partial charge in [0.05, 0.1) is 0 Å². The van der Waals surface area contributed by atoms with E-state index in [0.29, 0.717) is 32.5 Å². The van der Waals surface area contributed by atoms with Gasteiger partial charge in [-0.3, -0.25) is 14.4 Å². The van der Waals surface area contributed by atoms with Crippen molar-refractivity contribution < 1.29 is 14.4 Å². The molecule has 0 heterocycles. The fourth-order valence-corrected chi connectivity index (χ4v) is 2.01. The van der Waals surface area contributed by atoms with Crippen LogP contribution < -0.4 is 21.7 Å². The monoisotopic (exact) mass is 355 g/mol. The number of azide groups is 1. The van der Waals surface area contributed by atoms with Gasteiger partial charge in [0.25, 0.3) is 0 Å². The van der Waals surface area contributed by atoms with Crippen LogP contribution >= 0.6 is 0 Å². The molecule has 0 aromatic carbocycles. The minimum Gasteiger partial charge on any atom is -0.353 e. The van der Waals surface area contributed by atoms with Crippen LogP contribution in [0.4, 0.5) is 0 Å². The maximum absolute atomic E-state index is 12.3. The Morgan fingerprint density at radius 1 is 1.12 bits per heavy atom. The van der Waals surface area contributed by atoms with Gasteiger partial charge in [-0.25, -0.2) is 0 Å². The first-order chi connectivity index (χ1) is 11.8. The first-order valence-corrected chi connectivity index (χ1v) is 8.41. The molecule has 0 aliphatic rings. The van der Waals surface area contributed by atoms with Gasteiger partial charge in [0.15, 0.2) is 0 Å². The molecular formula is C15H29N7O3. The average Bonchev–Trinajstić information content (AvgIpc) is 2.56. The van der Waals surface area contributed by atoms with Gasteiger partial charge in [0.1, 0.15) is 12.1 Å². The van der Waals surface area contributed by atoms with E-state index in [2.05, 4.69) is 26.0 Å². The van der Waals surface area contributed by atoms with Crippen molar-refractivity contribution in [2.45, 2.75) is 52.1 Å². The largest absolute Gasteiger partial charge is 0.353 e. The zero-order chi connectivity index (χ0) is 19.2. The highest BCUT2D eigenvalue weighted by Crippen LogP contribution is 2.04. The molecule has 0 fully saturated rings. The van der Waals surface area contributed by atoms with E-state index in [9.17, 15) is 14.4 Å². The summed E-state index contributed by atoms with van der Waals surface area (Å²) in [4.78, 5) is 38.7. The highest BCUT2D eigenvalue weighted by atomic mass is 16.2. The van der Waals surface area contributed by atoms with E-state index < -0.39 is 18.0 Å². The summed E-state index contributed by atoms with van der Waals surface area (Å²) in [6, 6.07) is -1.45. The summed E-state index contributed by atoms with van der Waals surface area (Å²) in [6.45, 7) is 6.18. The normalized spacial score (nSPS) is 12.7. The topological polar surface area (TPSA) is 162 Å². The molecule has 0 radical (unpaired) electrons. The SMILES string of the molecule is CC(C)[C@H](NC(=O)CCCCN=[N+]=[N-])C(=O)N[C@@H](C)C(=O)NCCN. The van der Waals surface area contributed by atoms with Crippen LogP contribution in [0.15, 0.2) is 5.11 Å². The van der Waals surface area contributed by atoms with Crippen LogP contribution in [0.2, 0.25) is 0 Å². The zero-order valence-corrected chi connectivity index (χ0v) is 15.1. The molecule has 10 nitrogen and oxygen atoms in total. The summed E-state index contributed by atoms with van der Waals surface area (Å²) in [7, 11) is 0. The number of carbonyl (C=O) groups is 3. The highest BCUT2D eigenvalue weighted by molar-refractivity contribution is 5.92. The van der Waals surface area contributed by atoms with Gasteiger partial charge >= 0.3 is 0 Å². The molecule has 2 atom stereocenters. The molecular weight excluding hydrogens is 326 g/mol. The zero-order valence-electron chi connectivity index (χ0n) is 15.1. The number of nitrogens with one attached hydrogen (secondary N) is 3. The summed E-state index contributed by atoms with van der Waals surface area (Å²) in [5.74, 6) is -1.13. The third-order valence-electron chi connectivity index (χ3n) is 3.44. The summed E-state index contributed by atoms with van der Waals surface area (Å²) in [6.07, 6.45) is 1.41. The lowest BCUT2D eigenvalue weighted by molar-refractivity contribution is -0.132. The number of carbonyl (C=O) groups excluding carboxylic acids is 3. The first-order valence-electron chi connectivity index (χ1n) is 8.41. The van der Waals surface area contributed by atoms with Crippen LogP contribution in [-0.2, 0) is 14.4 Å². The van der Waals surface area contributed by atoms with Gasteiger partial charge in [-0.2, -0.15) is 0 Å². The van der Waals surface area contributed by atoms with Gasteiger partial charge in [-0.1, -0.05) is 19.0 Å². The fourth-order valence-electron chi connectivity index (χ4n) is 2.01. The quantitative estimate of drug-likeness (QED) is 0.170. The summed E-state index contributed by atoms with van der Waals surface area (Å²) < 4.78 is 0. The maximum Gasteiger partial charge on any atom is 0.243 e. The highest BCUT2D eigenvalue weighted by Gasteiger charge is 2.26. The predicted molar refractivity (Wildman–Crippen MR) is 94.3 cm³/mol. The Morgan fingerprint density at radius 3 is 2.36 bits per heavy atom.